The number of anilines is 2. The van der Waals surface area contributed by atoms with Gasteiger partial charge >= 0.3 is 0 Å². The van der Waals surface area contributed by atoms with Gasteiger partial charge < -0.3 is 11.1 Å². The standard InChI is InChI=1S/C14H13FN2O/c1-9-5-6-11(15)8-13(9)17-14(18)10-3-2-4-12(16)7-10/h2-8H,16H2,1H3,(H,17,18). The number of halogens is 1. The minimum absolute atomic E-state index is 0.309. The second-order valence-electron chi connectivity index (χ2n) is 4.04. The van der Waals surface area contributed by atoms with E-state index in [0.717, 1.165) is 5.56 Å². The van der Waals surface area contributed by atoms with Crippen LogP contribution in [0.1, 0.15) is 15.9 Å². The quantitative estimate of drug-likeness (QED) is 0.798. The molecule has 0 aliphatic carbocycles. The third kappa shape index (κ3) is 2.66. The number of nitrogens with two attached hydrogens (primary N) is 1. The van der Waals surface area contributed by atoms with Gasteiger partial charge in [0.1, 0.15) is 5.82 Å². The number of aryl methyl sites for hydroxylation is 1. The Morgan fingerprint density at radius 3 is 2.72 bits per heavy atom. The van der Waals surface area contributed by atoms with Gasteiger partial charge in [0.15, 0.2) is 0 Å². The average molecular weight is 244 g/mol. The van der Waals surface area contributed by atoms with Gasteiger partial charge in [-0.1, -0.05) is 12.1 Å². The molecule has 0 radical (unpaired) electrons. The number of amides is 1. The molecule has 4 heteroatoms. The van der Waals surface area contributed by atoms with E-state index in [1.807, 2.05) is 0 Å². The van der Waals surface area contributed by atoms with Gasteiger partial charge in [0.05, 0.1) is 0 Å². The van der Waals surface area contributed by atoms with Crippen molar-refractivity contribution in [3.8, 4) is 0 Å². The zero-order valence-corrected chi connectivity index (χ0v) is 9.91. The number of nitrogens with one attached hydrogen (secondary N) is 1. The van der Waals surface area contributed by atoms with E-state index in [1.54, 1.807) is 37.3 Å². The van der Waals surface area contributed by atoms with Crippen molar-refractivity contribution in [2.45, 2.75) is 6.92 Å². The van der Waals surface area contributed by atoms with E-state index in [1.165, 1.54) is 12.1 Å². The third-order valence-corrected chi connectivity index (χ3v) is 2.60. The van der Waals surface area contributed by atoms with Gasteiger partial charge in [0.2, 0.25) is 0 Å². The van der Waals surface area contributed by atoms with E-state index >= 15 is 0 Å². The molecule has 0 fully saturated rings. The van der Waals surface area contributed by atoms with Gasteiger partial charge in [-0.15, -0.1) is 0 Å². The summed E-state index contributed by atoms with van der Waals surface area (Å²) in [5.74, 6) is -0.695. The second-order valence-corrected chi connectivity index (χ2v) is 4.04. The van der Waals surface area contributed by atoms with Crippen molar-refractivity contribution in [1.29, 1.82) is 0 Å². The lowest BCUT2D eigenvalue weighted by Gasteiger charge is -2.08. The summed E-state index contributed by atoms with van der Waals surface area (Å²) in [7, 11) is 0. The first kappa shape index (κ1) is 12.1. The third-order valence-electron chi connectivity index (χ3n) is 2.60. The molecule has 0 bridgehead atoms. The van der Waals surface area contributed by atoms with Crippen molar-refractivity contribution in [3.63, 3.8) is 0 Å². The Morgan fingerprint density at radius 1 is 1.22 bits per heavy atom. The monoisotopic (exact) mass is 244 g/mol. The highest BCUT2D eigenvalue weighted by molar-refractivity contribution is 6.05. The van der Waals surface area contributed by atoms with Crippen molar-refractivity contribution in [1.82, 2.24) is 0 Å². The molecule has 3 nitrogen and oxygen atoms in total. The molecule has 0 saturated heterocycles. The van der Waals surface area contributed by atoms with Crippen molar-refractivity contribution in [2.75, 3.05) is 11.1 Å². The minimum Gasteiger partial charge on any atom is -0.399 e. The van der Waals surface area contributed by atoms with Gasteiger partial charge in [0, 0.05) is 16.9 Å². The summed E-state index contributed by atoms with van der Waals surface area (Å²) < 4.78 is 13.1. The zero-order valence-electron chi connectivity index (χ0n) is 9.91. The number of nitrogen functional groups attached to an aromatic ring is 1. The van der Waals surface area contributed by atoms with E-state index < -0.39 is 0 Å². The Morgan fingerprint density at radius 2 is 2.00 bits per heavy atom. The number of carbonyl (C=O) groups is 1. The summed E-state index contributed by atoms with van der Waals surface area (Å²) in [5.41, 5.74) is 7.82. The first-order valence-corrected chi connectivity index (χ1v) is 5.49. The van der Waals surface area contributed by atoms with Crippen LogP contribution >= 0.6 is 0 Å². The van der Waals surface area contributed by atoms with Gasteiger partial charge in [-0.05, 0) is 42.8 Å². The molecular weight excluding hydrogens is 231 g/mol. The highest BCUT2D eigenvalue weighted by Gasteiger charge is 2.08. The maximum absolute atomic E-state index is 13.1. The SMILES string of the molecule is Cc1ccc(F)cc1NC(=O)c1cccc(N)c1. The van der Waals surface area contributed by atoms with Crippen LogP contribution in [-0.2, 0) is 0 Å². The fourth-order valence-corrected chi connectivity index (χ4v) is 1.60. The van der Waals surface area contributed by atoms with E-state index in [4.69, 9.17) is 5.73 Å². The lowest BCUT2D eigenvalue weighted by atomic mass is 10.1. The molecular formula is C14H13FN2O. The molecule has 2 rings (SSSR count). The molecule has 0 aliphatic heterocycles. The Hall–Kier alpha value is -2.36. The fraction of sp³-hybridized carbons (Fsp3) is 0.0714. The predicted octanol–water partition coefficient (Wildman–Crippen LogP) is 2.97. The van der Waals surface area contributed by atoms with Crippen molar-refractivity contribution >= 4 is 17.3 Å². The average Bonchev–Trinajstić information content (AvgIpc) is 2.34. The van der Waals surface area contributed by atoms with Gasteiger partial charge in [-0.25, -0.2) is 4.39 Å². The highest BCUT2D eigenvalue weighted by Crippen LogP contribution is 2.17. The Labute approximate surface area is 104 Å². The van der Waals surface area contributed by atoms with Crippen molar-refractivity contribution < 1.29 is 9.18 Å². The van der Waals surface area contributed by atoms with Crippen LogP contribution in [0.3, 0.4) is 0 Å². The maximum Gasteiger partial charge on any atom is 0.255 e. The summed E-state index contributed by atoms with van der Waals surface area (Å²) >= 11 is 0. The summed E-state index contributed by atoms with van der Waals surface area (Å²) in [6.45, 7) is 1.80. The molecule has 2 aromatic carbocycles. The van der Waals surface area contributed by atoms with E-state index in [2.05, 4.69) is 5.32 Å². The summed E-state index contributed by atoms with van der Waals surface area (Å²) in [5, 5.41) is 2.66. The summed E-state index contributed by atoms with van der Waals surface area (Å²) in [6, 6.07) is 10.9. The Balaban J connectivity index is 2.24. The number of carbonyl (C=O) groups excluding carboxylic acids is 1. The van der Waals surface area contributed by atoms with Crippen molar-refractivity contribution in [2.24, 2.45) is 0 Å². The van der Waals surface area contributed by atoms with Gasteiger partial charge in [-0.3, -0.25) is 4.79 Å². The molecule has 0 unspecified atom stereocenters. The lowest BCUT2D eigenvalue weighted by molar-refractivity contribution is 0.102. The zero-order chi connectivity index (χ0) is 13.1. The second kappa shape index (κ2) is 4.87. The van der Waals surface area contributed by atoms with Gasteiger partial charge in [-0.2, -0.15) is 0 Å². The number of rotatable bonds is 2. The molecule has 0 heterocycles. The van der Waals surface area contributed by atoms with Gasteiger partial charge in [0.25, 0.3) is 5.91 Å². The normalized spacial score (nSPS) is 10.1. The van der Waals surface area contributed by atoms with Crippen LogP contribution in [0.15, 0.2) is 42.5 Å². The van der Waals surface area contributed by atoms with E-state index in [0.29, 0.717) is 16.9 Å². The number of benzene rings is 2. The molecule has 18 heavy (non-hydrogen) atoms. The molecule has 0 spiro atoms. The molecule has 0 aromatic heterocycles. The number of hydrogen-bond donors (Lipinski definition) is 2. The van der Waals surface area contributed by atoms with Crippen LogP contribution in [0.25, 0.3) is 0 Å². The maximum atomic E-state index is 13.1. The van der Waals surface area contributed by atoms with Crippen LogP contribution in [0.4, 0.5) is 15.8 Å². The van der Waals surface area contributed by atoms with Crippen LogP contribution in [-0.4, -0.2) is 5.91 Å². The van der Waals surface area contributed by atoms with Crippen molar-refractivity contribution in [3.05, 3.63) is 59.4 Å². The molecule has 0 atom stereocenters. The van der Waals surface area contributed by atoms with Crippen LogP contribution in [0.2, 0.25) is 0 Å². The first-order valence-electron chi connectivity index (χ1n) is 5.49. The molecule has 0 saturated carbocycles. The molecule has 92 valence electrons. The van der Waals surface area contributed by atoms with E-state index in [9.17, 15) is 9.18 Å². The topological polar surface area (TPSA) is 55.1 Å². The summed E-state index contributed by atoms with van der Waals surface area (Å²) in [6.07, 6.45) is 0. The van der Waals surface area contributed by atoms with Crippen LogP contribution < -0.4 is 11.1 Å². The van der Waals surface area contributed by atoms with E-state index in [-0.39, 0.29) is 11.7 Å². The number of hydrogen-bond acceptors (Lipinski definition) is 2. The lowest BCUT2D eigenvalue weighted by Crippen LogP contribution is -2.13. The highest BCUT2D eigenvalue weighted by atomic mass is 19.1. The smallest absolute Gasteiger partial charge is 0.255 e. The largest absolute Gasteiger partial charge is 0.399 e. The minimum atomic E-state index is -0.386. The van der Waals surface area contributed by atoms with Crippen LogP contribution in [0.5, 0.6) is 0 Å². The molecule has 3 N–H and O–H groups in total. The molecule has 2 aromatic rings. The summed E-state index contributed by atoms with van der Waals surface area (Å²) in [4.78, 5) is 11.9. The molecule has 1 amide bonds. The molecule has 0 aliphatic rings. The Kier molecular flexibility index (Phi) is 3.28. The van der Waals surface area contributed by atoms with Crippen LogP contribution in [0, 0.1) is 12.7 Å². The Bertz CT molecular complexity index is 596. The fourth-order valence-electron chi connectivity index (χ4n) is 1.60. The first-order chi connectivity index (χ1) is 8.56. The predicted molar refractivity (Wildman–Crippen MR) is 69.9 cm³/mol.